The van der Waals surface area contributed by atoms with E-state index < -0.39 is 5.97 Å². The number of rotatable bonds is 5. The summed E-state index contributed by atoms with van der Waals surface area (Å²) in [7, 11) is 0. The smallest absolute Gasteiger partial charge is 0.379 e. The van der Waals surface area contributed by atoms with E-state index in [1.165, 1.54) is 12.8 Å². The molecule has 1 aromatic rings. The maximum atomic E-state index is 11.6. The van der Waals surface area contributed by atoms with Gasteiger partial charge in [0.25, 0.3) is 5.82 Å². The van der Waals surface area contributed by atoms with Crippen LogP contribution in [0.3, 0.4) is 0 Å². The van der Waals surface area contributed by atoms with Crippen LogP contribution in [0.5, 0.6) is 0 Å². The lowest BCUT2D eigenvalue weighted by molar-refractivity contribution is 0.0508. The summed E-state index contributed by atoms with van der Waals surface area (Å²) in [5, 5.41) is 3.77. The number of ether oxygens (including phenoxy) is 1. The molecule has 1 fully saturated rings. The van der Waals surface area contributed by atoms with Gasteiger partial charge in [0.05, 0.1) is 6.61 Å². The molecule has 1 saturated carbocycles. The number of aromatic nitrogens is 2. The SMILES string of the molecule is CCOC(=O)c1noc(C2(CC(C)C)CCCC2)n1. The van der Waals surface area contributed by atoms with E-state index in [2.05, 4.69) is 24.0 Å². The summed E-state index contributed by atoms with van der Waals surface area (Å²) in [6.45, 7) is 6.47. The largest absolute Gasteiger partial charge is 0.460 e. The minimum atomic E-state index is -0.504. The lowest BCUT2D eigenvalue weighted by atomic mass is 9.78. The van der Waals surface area contributed by atoms with Gasteiger partial charge in [0, 0.05) is 5.41 Å². The van der Waals surface area contributed by atoms with E-state index in [-0.39, 0.29) is 11.2 Å². The Morgan fingerprint density at radius 2 is 2.11 bits per heavy atom. The van der Waals surface area contributed by atoms with E-state index in [0.29, 0.717) is 18.4 Å². The number of nitrogens with zero attached hydrogens (tertiary/aromatic N) is 2. The zero-order valence-electron chi connectivity index (χ0n) is 11.9. The summed E-state index contributed by atoms with van der Waals surface area (Å²) >= 11 is 0. The number of carbonyl (C=O) groups excluding carboxylic acids is 1. The first-order valence-corrected chi connectivity index (χ1v) is 7.09. The third-order valence-corrected chi connectivity index (χ3v) is 3.70. The van der Waals surface area contributed by atoms with E-state index in [1.54, 1.807) is 6.92 Å². The van der Waals surface area contributed by atoms with Gasteiger partial charge in [0.2, 0.25) is 5.89 Å². The van der Waals surface area contributed by atoms with Crippen LogP contribution in [0, 0.1) is 5.92 Å². The quantitative estimate of drug-likeness (QED) is 0.766. The minimum Gasteiger partial charge on any atom is -0.460 e. The van der Waals surface area contributed by atoms with Gasteiger partial charge in [0.1, 0.15) is 0 Å². The second-order valence-corrected chi connectivity index (χ2v) is 5.73. The Hall–Kier alpha value is -1.39. The van der Waals surface area contributed by atoms with Crippen LogP contribution >= 0.6 is 0 Å². The molecule has 0 radical (unpaired) electrons. The fraction of sp³-hybridized carbons (Fsp3) is 0.786. The predicted molar refractivity (Wildman–Crippen MR) is 69.9 cm³/mol. The fourth-order valence-corrected chi connectivity index (χ4v) is 3.06. The van der Waals surface area contributed by atoms with Crippen molar-refractivity contribution in [2.45, 2.75) is 58.3 Å². The second kappa shape index (κ2) is 5.72. The molecule has 5 heteroatoms. The summed E-state index contributed by atoms with van der Waals surface area (Å²) in [6, 6.07) is 0. The molecule has 5 nitrogen and oxygen atoms in total. The van der Waals surface area contributed by atoms with Crippen molar-refractivity contribution < 1.29 is 14.1 Å². The van der Waals surface area contributed by atoms with Crippen LogP contribution in [0.15, 0.2) is 4.52 Å². The van der Waals surface area contributed by atoms with Crippen molar-refractivity contribution in [1.29, 1.82) is 0 Å². The monoisotopic (exact) mass is 266 g/mol. The van der Waals surface area contributed by atoms with Crippen LogP contribution in [-0.2, 0) is 10.2 Å². The predicted octanol–water partition coefficient (Wildman–Crippen LogP) is 3.10. The fourth-order valence-electron chi connectivity index (χ4n) is 3.06. The van der Waals surface area contributed by atoms with Crippen LogP contribution in [-0.4, -0.2) is 22.7 Å². The highest BCUT2D eigenvalue weighted by Crippen LogP contribution is 2.44. The van der Waals surface area contributed by atoms with E-state index in [0.717, 1.165) is 19.3 Å². The Balaban J connectivity index is 2.21. The molecule has 1 aliphatic carbocycles. The second-order valence-electron chi connectivity index (χ2n) is 5.73. The van der Waals surface area contributed by atoms with E-state index in [1.807, 2.05) is 0 Å². The van der Waals surface area contributed by atoms with Gasteiger partial charge >= 0.3 is 5.97 Å². The normalized spacial score (nSPS) is 17.9. The van der Waals surface area contributed by atoms with Gasteiger partial charge < -0.3 is 9.26 Å². The molecule has 1 aromatic heterocycles. The average Bonchev–Trinajstić information content (AvgIpc) is 2.97. The summed E-state index contributed by atoms with van der Waals surface area (Å²) in [6.07, 6.45) is 5.52. The van der Waals surface area contributed by atoms with Gasteiger partial charge in [-0.3, -0.25) is 0 Å². The molecule has 0 aromatic carbocycles. The van der Waals surface area contributed by atoms with Gasteiger partial charge in [0.15, 0.2) is 0 Å². The van der Waals surface area contributed by atoms with E-state index in [4.69, 9.17) is 9.26 Å². The Bertz CT molecular complexity index is 434. The first kappa shape index (κ1) is 14.0. The maximum Gasteiger partial charge on any atom is 0.379 e. The molecule has 0 unspecified atom stereocenters. The highest BCUT2D eigenvalue weighted by Gasteiger charge is 2.41. The van der Waals surface area contributed by atoms with Crippen molar-refractivity contribution in [3.63, 3.8) is 0 Å². The molecular weight excluding hydrogens is 244 g/mol. The highest BCUT2D eigenvalue weighted by molar-refractivity contribution is 5.84. The highest BCUT2D eigenvalue weighted by atomic mass is 16.5. The summed E-state index contributed by atoms with van der Waals surface area (Å²) in [4.78, 5) is 15.9. The van der Waals surface area contributed by atoms with Crippen molar-refractivity contribution in [2.24, 2.45) is 5.92 Å². The van der Waals surface area contributed by atoms with Gasteiger partial charge in [-0.15, -0.1) is 0 Å². The van der Waals surface area contributed by atoms with Crippen molar-refractivity contribution in [1.82, 2.24) is 10.1 Å². The molecule has 0 aliphatic heterocycles. The zero-order valence-corrected chi connectivity index (χ0v) is 11.9. The zero-order chi connectivity index (χ0) is 13.9. The molecule has 0 atom stereocenters. The third-order valence-electron chi connectivity index (χ3n) is 3.70. The minimum absolute atomic E-state index is 0.0358. The molecule has 0 amide bonds. The first-order chi connectivity index (χ1) is 9.07. The topological polar surface area (TPSA) is 65.2 Å². The van der Waals surface area contributed by atoms with Crippen LogP contribution in [0.25, 0.3) is 0 Å². The average molecular weight is 266 g/mol. The Labute approximate surface area is 113 Å². The molecule has 1 heterocycles. The molecule has 106 valence electrons. The number of hydrogen-bond acceptors (Lipinski definition) is 5. The first-order valence-electron chi connectivity index (χ1n) is 7.09. The summed E-state index contributed by atoms with van der Waals surface area (Å²) in [5.41, 5.74) is -0.0358. The molecule has 0 saturated heterocycles. The molecule has 0 bridgehead atoms. The summed E-state index contributed by atoms with van der Waals surface area (Å²) in [5.74, 6) is 0.722. The molecule has 2 rings (SSSR count). The van der Waals surface area contributed by atoms with Crippen molar-refractivity contribution in [2.75, 3.05) is 6.61 Å². The molecule has 0 N–H and O–H groups in total. The molecule has 19 heavy (non-hydrogen) atoms. The standard InChI is InChI=1S/C14H22N2O3/c1-4-18-12(17)11-15-13(19-16-11)14(9-10(2)3)7-5-6-8-14/h10H,4-9H2,1-3H3. The van der Waals surface area contributed by atoms with Crippen LogP contribution < -0.4 is 0 Å². The Kier molecular flexibility index (Phi) is 4.22. The molecule has 1 aliphatic rings. The van der Waals surface area contributed by atoms with E-state index >= 15 is 0 Å². The lowest BCUT2D eigenvalue weighted by Crippen LogP contribution is -2.25. The van der Waals surface area contributed by atoms with Gasteiger partial charge in [-0.2, -0.15) is 4.98 Å². The van der Waals surface area contributed by atoms with Crippen LogP contribution in [0.2, 0.25) is 0 Å². The number of hydrogen-bond donors (Lipinski definition) is 0. The number of carbonyl (C=O) groups is 1. The summed E-state index contributed by atoms with van der Waals surface area (Å²) < 4.78 is 10.3. The molecular formula is C14H22N2O3. The van der Waals surface area contributed by atoms with Crippen LogP contribution in [0.1, 0.15) is 69.4 Å². The third kappa shape index (κ3) is 2.96. The number of esters is 1. The Morgan fingerprint density at radius 3 is 2.68 bits per heavy atom. The van der Waals surface area contributed by atoms with Gasteiger partial charge in [-0.25, -0.2) is 4.79 Å². The maximum absolute atomic E-state index is 11.6. The lowest BCUT2D eigenvalue weighted by Gasteiger charge is -2.26. The van der Waals surface area contributed by atoms with Gasteiger partial charge in [-0.1, -0.05) is 26.7 Å². The van der Waals surface area contributed by atoms with Gasteiger partial charge in [-0.05, 0) is 37.3 Å². The molecule has 0 spiro atoms. The van der Waals surface area contributed by atoms with E-state index in [9.17, 15) is 4.79 Å². The van der Waals surface area contributed by atoms with Crippen LogP contribution in [0.4, 0.5) is 0 Å². The van der Waals surface area contributed by atoms with Crippen molar-refractivity contribution in [3.05, 3.63) is 11.7 Å². The Morgan fingerprint density at radius 1 is 1.42 bits per heavy atom. The van der Waals surface area contributed by atoms with Crippen molar-refractivity contribution >= 4 is 5.97 Å². The van der Waals surface area contributed by atoms with Crippen molar-refractivity contribution in [3.8, 4) is 0 Å².